The quantitative estimate of drug-likeness (QED) is 0.635. The van der Waals surface area contributed by atoms with Gasteiger partial charge in [-0.15, -0.1) is 11.3 Å². The summed E-state index contributed by atoms with van der Waals surface area (Å²) in [5.41, 5.74) is 3.12. The van der Waals surface area contributed by atoms with Crippen molar-refractivity contribution in [3.63, 3.8) is 0 Å². The van der Waals surface area contributed by atoms with Crippen LogP contribution in [-0.4, -0.2) is 35.4 Å². The number of carbonyl (C=O) groups is 1. The number of benzene rings is 1. The zero-order valence-corrected chi connectivity index (χ0v) is 13.9. The van der Waals surface area contributed by atoms with Gasteiger partial charge in [0.2, 0.25) is 5.91 Å². The van der Waals surface area contributed by atoms with Gasteiger partial charge in [0.25, 0.3) is 5.69 Å². The van der Waals surface area contributed by atoms with Gasteiger partial charge >= 0.3 is 0 Å². The van der Waals surface area contributed by atoms with Gasteiger partial charge in [-0.05, 0) is 41.5 Å². The Bertz CT molecular complexity index is 817. The van der Waals surface area contributed by atoms with E-state index < -0.39 is 4.92 Å². The third-order valence-electron chi connectivity index (χ3n) is 4.72. The van der Waals surface area contributed by atoms with Gasteiger partial charge in [-0.2, -0.15) is 0 Å². The molecule has 0 saturated heterocycles. The summed E-state index contributed by atoms with van der Waals surface area (Å²) in [5, 5.41) is 13.0. The van der Waals surface area contributed by atoms with E-state index >= 15 is 0 Å². The van der Waals surface area contributed by atoms with Gasteiger partial charge in [0.05, 0.1) is 11.5 Å². The molecule has 124 valence electrons. The van der Waals surface area contributed by atoms with E-state index in [9.17, 15) is 14.9 Å². The van der Waals surface area contributed by atoms with Crippen LogP contribution in [0.1, 0.15) is 16.0 Å². The molecule has 0 aliphatic carbocycles. The molecular formula is C17H17N3O3S. The normalized spacial score (nSPS) is 16.8. The third kappa shape index (κ3) is 2.70. The Morgan fingerprint density at radius 2 is 2.08 bits per heavy atom. The van der Waals surface area contributed by atoms with E-state index in [1.807, 2.05) is 0 Å². The molecule has 6 nitrogen and oxygen atoms in total. The average molecular weight is 343 g/mol. The maximum absolute atomic E-state index is 12.7. The molecule has 1 aromatic carbocycles. The van der Waals surface area contributed by atoms with Gasteiger partial charge in [-0.25, -0.2) is 0 Å². The number of hydrogen-bond acceptors (Lipinski definition) is 5. The Labute approximate surface area is 143 Å². The highest BCUT2D eigenvalue weighted by molar-refractivity contribution is 7.10. The van der Waals surface area contributed by atoms with Crippen LogP contribution in [0.4, 0.5) is 11.4 Å². The third-order valence-corrected chi connectivity index (χ3v) is 5.74. The van der Waals surface area contributed by atoms with Crippen LogP contribution in [0.25, 0.3) is 0 Å². The fraction of sp³-hybridized carbons (Fsp3) is 0.353. The van der Waals surface area contributed by atoms with E-state index in [1.54, 1.807) is 28.4 Å². The van der Waals surface area contributed by atoms with Crippen molar-refractivity contribution in [3.05, 3.63) is 55.8 Å². The number of carbonyl (C=O) groups excluding carboxylic acids is 1. The summed E-state index contributed by atoms with van der Waals surface area (Å²) in [5.74, 6) is 0.0706. The van der Waals surface area contributed by atoms with Crippen LogP contribution in [0.15, 0.2) is 29.6 Å². The van der Waals surface area contributed by atoms with Crippen LogP contribution < -0.4 is 4.90 Å². The van der Waals surface area contributed by atoms with Gasteiger partial charge in [0.15, 0.2) is 0 Å². The fourth-order valence-electron chi connectivity index (χ4n) is 3.48. The summed E-state index contributed by atoms with van der Waals surface area (Å²) in [6.07, 6.45) is 1.68. The molecule has 7 heteroatoms. The molecule has 2 aliphatic rings. The summed E-state index contributed by atoms with van der Waals surface area (Å²) in [7, 11) is 0. The molecule has 3 heterocycles. The molecule has 1 amide bonds. The Balaban J connectivity index is 1.46. The number of amides is 1. The van der Waals surface area contributed by atoms with Crippen LogP contribution >= 0.6 is 11.3 Å². The van der Waals surface area contributed by atoms with Crippen molar-refractivity contribution in [3.8, 4) is 0 Å². The van der Waals surface area contributed by atoms with Crippen LogP contribution in [0.2, 0.25) is 0 Å². The predicted molar refractivity (Wildman–Crippen MR) is 92.5 cm³/mol. The second-order valence-electron chi connectivity index (χ2n) is 6.20. The Morgan fingerprint density at radius 1 is 1.21 bits per heavy atom. The molecule has 2 aliphatic heterocycles. The molecule has 2 aromatic rings. The van der Waals surface area contributed by atoms with Crippen molar-refractivity contribution in [2.45, 2.75) is 19.4 Å². The van der Waals surface area contributed by atoms with Gasteiger partial charge in [0, 0.05) is 42.3 Å². The van der Waals surface area contributed by atoms with Crippen molar-refractivity contribution in [2.75, 3.05) is 24.5 Å². The highest BCUT2D eigenvalue weighted by Gasteiger charge is 2.28. The van der Waals surface area contributed by atoms with Crippen molar-refractivity contribution < 1.29 is 9.72 Å². The summed E-state index contributed by atoms with van der Waals surface area (Å²) in [4.78, 5) is 28.6. The lowest BCUT2D eigenvalue weighted by Crippen LogP contribution is -2.41. The highest BCUT2D eigenvalue weighted by Crippen LogP contribution is 2.31. The fourth-order valence-corrected chi connectivity index (χ4v) is 4.37. The van der Waals surface area contributed by atoms with Crippen molar-refractivity contribution in [1.29, 1.82) is 0 Å². The molecule has 0 spiro atoms. The van der Waals surface area contributed by atoms with E-state index in [2.05, 4.69) is 16.3 Å². The number of nitro groups is 1. The Morgan fingerprint density at radius 3 is 2.92 bits per heavy atom. The standard InChI is InChI=1S/C17H17N3O3S/c21-17(11-18-6-4-16-13(10-18)5-8-24-16)19-7-3-12-9-14(20(22)23)1-2-15(12)19/h1-2,5,8-9H,3-4,6-7,10-11H2. The molecule has 0 unspecified atom stereocenters. The van der Waals surface area contributed by atoms with Crippen molar-refractivity contribution in [2.24, 2.45) is 0 Å². The predicted octanol–water partition coefficient (Wildman–Crippen LogP) is 2.60. The first kappa shape index (κ1) is 15.3. The second kappa shape index (κ2) is 5.99. The minimum absolute atomic E-state index is 0.0706. The number of thiophene rings is 1. The molecule has 0 saturated carbocycles. The topological polar surface area (TPSA) is 66.7 Å². The smallest absolute Gasteiger partial charge is 0.269 e. The number of anilines is 1. The minimum Gasteiger partial charge on any atom is -0.311 e. The molecule has 4 rings (SSSR count). The Kier molecular flexibility index (Phi) is 3.82. The van der Waals surface area contributed by atoms with Gasteiger partial charge in [-0.3, -0.25) is 19.8 Å². The summed E-state index contributed by atoms with van der Waals surface area (Å²) >= 11 is 1.79. The molecular weight excluding hydrogens is 326 g/mol. The van der Waals surface area contributed by atoms with Crippen molar-refractivity contribution in [1.82, 2.24) is 4.90 Å². The van der Waals surface area contributed by atoms with E-state index in [1.165, 1.54) is 16.5 Å². The summed E-state index contributed by atoms with van der Waals surface area (Å²) in [6, 6.07) is 6.90. The molecule has 24 heavy (non-hydrogen) atoms. The van der Waals surface area contributed by atoms with Crippen LogP contribution in [-0.2, 0) is 24.2 Å². The maximum Gasteiger partial charge on any atom is 0.269 e. The van der Waals surface area contributed by atoms with Crippen LogP contribution in [0.3, 0.4) is 0 Å². The molecule has 0 N–H and O–H groups in total. The minimum atomic E-state index is -0.392. The SMILES string of the molecule is O=C(CN1CCc2sccc2C1)N1CCc2cc([N+](=O)[O-])ccc21. The van der Waals surface area contributed by atoms with Crippen LogP contribution in [0.5, 0.6) is 0 Å². The lowest BCUT2D eigenvalue weighted by molar-refractivity contribution is -0.384. The number of hydrogen-bond donors (Lipinski definition) is 0. The molecule has 0 radical (unpaired) electrons. The molecule has 1 aromatic heterocycles. The molecule has 0 bridgehead atoms. The first-order valence-corrected chi connectivity index (χ1v) is 8.85. The number of nitrogens with zero attached hydrogens (tertiary/aromatic N) is 3. The summed E-state index contributed by atoms with van der Waals surface area (Å²) < 4.78 is 0. The number of nitro benzene ring substituents is 1. The van der Waals surface area contributed by atoms with Gasteiger partial charge < -0.3 is 4.90 Å². The van der Waals surface area contributed by atoms with Gasteiger partial charge in [0.1, 0.15) is 0 Å². The maximum atomic E-state index is 12.7. The summed E-state index contributed by atoms with van der Waals surface area (Å²) in [6.45, 7) is 2.73. The monoisotopic (exact) mass is 343 g/mol. The van der Waals surface area contributed by atoms with E-state index in [0.717, 1.165) is 30.8 Å². The van der Waals surface area contributed by atoms with E-state index in [0.29, 0.717) is 19.5 Å². The first-order chi connectivity index (χ1) is 11.6. The Hall–Kier alpha value is -2.25. The highest BCUT2D eigenvalue weighted by atomic mass is 32.1. The molecule has 0 atom stereocenters. The lowest BCUT2D eigenvalue weighted by atomic mass is 10.1. The zero-order valence-electron chi connectivity index (χ0n) is 13.1. The largest absolute Gasteiger partial charge is 0.311 e. The van der Waals surface area contributed by atoms with Gasteiger partial charge in [-0.1, -0.05) is 0 Å². The van der Waals surface area contributed by atoms with Crippen molar-refractivity contribution >= 4 is 28.6 Å². The number of non-ortho nitro benzene ring substituents is 1. The first-order valence-electron chi connectivity index (χ1n) is 7.97. The number of rotatable bonds is 3. The van der Waals surface area contributed by atoms with E-state index in [-0.39, 0.29) is 11.6 Å². The second-order valence-corrected chi connectivity index (χ2v) is 7.20. The lowest BCUT2D eigenvalue weighted by Gasteiger charge is -2.28. The molecule has 0 fully saturated rings. The number of fused-ring (bicyclic) bond motifs is 2. The van der Waals surface area contributed by atoms with E-state index in [4.69, 9.17) is 0 Å². The zero-order chi connectivity index (χ0) is 16.7. The average Bonchev–Trinajstić information content (AvgIpc) is 3.20. The van der Waals surface area contributed by atoms with Crippen LogP contribution in [0, 0.1) is 10.1 Å².